The largest absolute Gasteiger partial charge is 0.298 e. The number of hydrogen-bond donors (Lipinski definition) is 1. The zero-order valence-electron chi connectivity index (χ0n) is 4.91. The van der Waals surface area contributed by atoms with Crippen LogP contribution in [0.15, 0.2) is 17.3 Å². The van der Waals surface area contributed by atoms with Gasteiger partial charge in [0.05, 0.1) is 11.8 Å². The van der Waals surface area contributed by atoms with E-state index in [0.717, 1.165) is 6.20 Å². The second kappa shape index (κ2) is 2.79. The van der Waals surface area contributed by atoms with Gasteiger partial charge in [-0.1, -0.05) is 0 Å². The third kappa shape index (κ3) is 1.16. The van der Waals surface area contributed by atoms with Crippen LogP contribution in [0.25, 0.3) is 0 Å². The normalized spacial score (nSPS) is 9.40. The van der Waals surface area contributed by atoms with E-state index in [-0.39, 0.29) is 10.5 Å². The highest BCUT2D eigenvalue weighted by atomic mass is 32.1. The molecule has 4 heteroatoms. The predicted octanol–water partition coefficient (Wildman–Crippen LogP) is 1.32. The topological polar surface area (TPSA) is 30.0 Å². The van der Waals surface area contributed by atoms with Gasteiger partial charge in [-0.3, -0.25) is 9.78 Å². The summed E-state index contributed by atoms with van der Waals surface area (Å²) < 4.78 is 12.5. The van der Waals surface area contributed by atoms with Crippen molar-refractivity contribution in [2.45, 2.75) is 4.90 Å². The van der Waals surface area contributed by atoms with Crippen LogP contribution in [0.4, 0.5) is 4.39 Å². The maximum absolute atomic E-state index is 12.5. The van der Waals surface area contributed by atoms with Gasteiger partial charge in [0.15, 0.2) is 12.1 Å². The lowest BCUT2D eigenvalue weighted by Gasteiger charge is -1.94. The number of aldehydes is 1. The van der Waals surface area contributed by atoms with Crippen LogP contribution in [0.1, 0.15) is 10.4 Å². The van der Waals surface area contributed by atoms with Crippen LogP contribution >= 0.6 is 12.6 Å². The molecular formula is C6H4FNOS. The summed E-state index contributed by atoms with van der Waals surface area (Å²) in [6, 6.07) is 0. The highest BCUT2D eigenvalue weighted by Gasteiger charge is 2.03. The standard InChI is InChI=1S/C6H4FNOS/c7-5-1-8-2-6(10)4(5)3-9/h1-3,10H. The molecule has 0 spiro atoms. The van der Waals surface area contributed by atoms with E-state index in [1.807, 2.05) is 0 Å². The third-order valence-corrected chi connectivity index (χ3v) is 1.39. The molecule has 1 aromatic rings. The van der Waals surface area contributed by atoms with Gasteiger partial charge in [0.2, 0.25) is 0 Å². The molecule has 1 rings (SSSR count). The van der Waals surface area contributed by atoms with E-state index in [4.69, 9.17) is 0 Å². The second-order valence-corrected chi connectivity index (χ2v) is 2.15. The van der Waals surface area contributed by atoms with Crippen molar-refractivity contribution in [1.82, 2.24) is 4.98 Å². The first-order valence-electron chi connectivity index (χ1n) is 2.53. The van der Waals surface area contributed by atoms with Crippen LogP contribution in [0.3, 0.4) is 0 Å². The SMILES string of the molecule is O=Cc1c(F)cncc1S. The Labute approximate surface area is 62.5 Å². The molecule has 0 amide bonds. The quantitative estimate of drug-likeness (QED) is 0.492. The molecule has 0 bridgehead atoms. The highest BCUT2D eigenvalue weighted by molar-refractivity contribution is 7.80. The van der Waals surface area contributed by atoms with Gasteiger partial charge in [0, 0.05) is 11.1 Å². The molecule has 0 atom stereocenters. The lowest BCUT2D eigenvalue weighted by Crippen LogP contribution is -1.90. The summed E-state index contributed by atoms with van der Waals surface area (Å²) in [5.74, 6) is -0.637. The fourth-order valence-corrected chi connectivity index (χ4v) is 0.778. The average molecular weight is 157 g/mol. The van der Waals surface area contributed by atoms with Crippen molar-refractivity contribution in [3.05, 3.63) is 23.8 Å². The molecule has 0 aliphatic carbocycles. The number of carbonyl (C=O) groups excluding carboxylic acids is 1. The van der Waals surface area contributed by atoms with Gasteiger partial charge >= 0.3 is 0 Å². The first kappa shape index (κ1) is 7.21. The number of halogens is 1. The molecule has 0 saturated carbocycles. The van der Waals surface area contributed by atoms with E-state index in [9.17, 15) is 9.18 Å². The van der Waals surface area contributed by atoms with E-state index in [2.05, 4.69) is 17.6 Å². The number of carbonyl (C=O) groups is 1. The van der Waals surface area contributed by atoms with Crippen LogP contribution in [-0.2, 0) is 0 Å². The third-order valence-electron chi connectivity index (χ3n) is 1.04. The number of rotatable bonds is 1. The molecule has 0 fully saturated rings. The lowest BCUT2D eigenvalue weighted by molar-refractivity contribution is 0.111. The van der Waals surface area contributed by atoms with Crippen LogP contribution in [0.5, 0.6) is 0 Å². The highest BCUT2D eigenvalue weighted by Crippen LogP contribution is 2.12. The van der Waals surface area contributed by atoms with E-state index < -0.39 is 5.82 Å². The Kier molecular flexibility index (Phi) is 2.01. The summed E-state index contributed by atoms with van der Waals surface area (Å²) in [5.41, 5.74) is -0.0432. The van der Waals surface area contributed by atoms with Gasteiger partial charge in [0.25, 0.3) is 0 Å². The van der Waals surface area contributed by atoms with Crippen molar-refractivity contribution in [3.8, 4) is 0 Å². The van der Waals surface area contributed by atoms with Crippen LogP contribution < -0.4 is 0 Å². The molecule has 0 aromatic carbocycles. The summed E-state index contributed by atoms with van der Waals surface area (Å²) in [6.07, 6.45) is 2.71. The summed E-state index contributed by atoms with van der Waals surface area (Å²) >= 11 is 3.81. The van der Waals surface area contributed by atoms with Crippen molar-refractivity contribution >= 4 is 18.9 Å². The first-order valence-corrected chi connectivity index (χ1v) is 2.98. The molecule has 0 unspecified atom stereocenters. The second-order valence-electron chi connectivity index (χ2n) is 1.67. The minimum Gasteiger partial charge on any atom is -0.298 e. The summed E-state index contributed by atoms with van der Waals surface area (Å²) in [6.45, 7) is 0. The molecule has 1 aromatic heterocycles. The zero-order valence-corrected chi connectivity index (χ0v) is 5.81. The van der Waals surface area contributed by atoms with Crippen molar-refractivity contribution in [2.75, 3.05) is 0 Å². The Morgan fingerprint density at radius 3 is 2.70 bits per heavy atom. The van der Waals surface area contributed by atoms with E-state index in [1.165, 1.54) is 6.20 Å². The van der Waals surface area contributed by atoms with Crippen molar-refractivity contribution in [3.63, 3.8) is 0 Å². The van der Waals surface area contributed by atoms with Crippen molar-refractivity contribution in [1.29, 1.82) is 0 Å². The van der Waals surface area contributed by atoms with Gasteiger partial charge < -0.3 is 0 Å². The Balaban J connectivity index is 3.30. The lowest BCUT2D eigenvalue weighted by atomic mass is 10.3. The molecule has 0 radical (unpaired) electrons. The fourth-order valence-electron chi connectivity index (χ4n) is 0.551. The molecule has 2 nitrogen and oxygen atoms in total. The zero-order chi connectivity index (χ0) is 7.56. The number of thiol groups is 1. The Hall–Kier alpha value is -0.900. The molecule has 1 heterocycles. The van der Waals surface area contributed by atoms with E-state index in [0.29, 0.717) is 6.29 Å². The van der Waals surface area contributed by atoms with Crippen molar-refractivity contribution < 1.29 is 9.18 Å². The number of aromatic nitrogens is 1. The van der Waals surface area contributed by atoms with Gasteiger partial charge in [-0.05, 0) is 0 Å². The molecule has 0 aliphatic heterocycles. The molecule has 0 N–H and O–H groups in total. The monoisotopic (exact) mass is 157 g/mol. The minimum atomic E-state index is -0.637. The molecule has 10 heavy (non-hydrogen) atoms. The maximum atomic E-state index is 12.5. The van der Waals surface area contributed by atoms with Crippen LogP contribution in [-0.4, -0.2) is 11.3 Å². The summed E-state index contributed by atoms with van der Waals surface area (Å²) in [7, 11) is 0. The predicted molar refractivity (Wildman–Crippen MR) is 36.8 cm³/mol. The van der Waals surface area contributed by atoms with E-state index >= 15 is 0 Å². The number of pyridine rings is 1. The van der Waals surface area contributed by atoms with Crippen LogP contribution in [0, 0.1) is 5.82 Å². The summed E-state index contributed by atoms with van der Waals surface area (Å²) in [5, 5.41) is 0. The number of nitrogens with zero attached hydrogens (tertiary/aromatic N) is 1. The first-order chi connectivity index (χ1) is 4.75. The Morgan fingerprint density at radius 1 is 1.60 bits per heavy atom. The molecule has 0 saturated heterocycles. The van der Waals surface area contributed by atoms with E-state index in [1.54, 1.807) is 0 Å². The minimum absolute atomic E-state index is 0.0432. The number of hydrogen-bond acceptors (Lipinski definition) is 3. The molecular weight excluding hydrogens is 153 g/mol. The maximum Gasteiger partial charge on any atom is 0.154 e. The summed E-state index contributed by atoms with van der Waals surface area (Å²) in [4.78, 5) is 13.9. The van der Waals surface area contributed by atoms with Gasteiger partial charge in [-0.15, -0.1) is 12.6 Å². The Morgan fingerprint density at radius 2 is 2.30 bits per heavy atom. The smallest absolute Gasteiger partial charge is 0.154 e. The van der Waals surface area contributed by atoms with Crippen LogP contribution in [0.2, 0.25) is 0 Å². The molecule has 52 valence electrons. The molecule has 0 aliphatic rings. The van der Waals surface area contributed by atoms with Crippen molar-refractivity contribution in [2.24, 2.45) is 0 Å². The van der Waals surface area contributed by atoms with Gasteiger partial charge in [-0.2, -0.15) is 0 Å². The fraction of sp³-hybridized carbons (Fsp3) is 0. The van der Waals surface area contributed by atoms with Gasteiger partial charge in [0.1, 0.15) is 0 Å². The Bertz CT molecular complexity index is 244. The van der Waals surface area contributed by atoms with Gasteiger partial charge in [-0.25, -0.2) is 4.39 Å². The average Bonchev–Trinajstić information content (AvgIpc) is 1.88.